The van der Waals surface area contributed by atoms with Gasteiger partial charge in [-0.25, -0.2) is 0 Å². The van der Waals surface area contributed by atoms with Gasteiger partial charge in [0.1, 0.15) is 0 Å². The molecule has 0 aliphatic carbocycles. The number of hydrogen-bond acceptors (Lipinski definition) is 3. The van der Waals surface area contributed by atoms with Crippen molar-refractivity contribution in [2.75, 3.05) is 0 Å². The van der Waals surface area contributed by atoms with Crippen LogP contribution in [0.4, 0.5) is 0 Å². The van der Waals surface area contributed by atoms with Gasteiger partial charge < -0.3 is 14.9 Å². The molecule has 0 saturated heterocycles. The lowest BCUT2D eigenvalue weighted by Gasteiger charge is -2.17. The second kappa shape index (κ2) is 18.2. The quantitative estimate of drug-likeness (QED) is 0.242. The molecule has 0 rings (SSSR count). The van der Waals surface area contributed by atoms with E-state index in [0.29, 0.717) is 12.8 Å². The maximum atomic E-state index is 9.78. The SMILES string of the molecule is CCCCCCCCCC(O)OC(O)CCCCCCCCC. The molecule has 0 amide bonds. The average molecular weight is 331 g/mol. The first-order chi connectivity index (χ1) is 11.2. The lowest BCUT2D eigenvalue weighted by atomic mass is 10.1. The van der Waals surface area contributed by atoms with Gasteiger partial charge in [0.25, 0.3) is 0 Å². The first-order valence-corrected chi connectivity index (χ1v) is 10.2. The normalized spacial score (nSPS) is 14.1. The van der Waals surface area contributed by atoms with Gasteiger partial charge in [-0.2, -0.15) is 0 Å². The van der Waals surface area contributed by atoms with Crippen LogP contribution in [-0.4, -0.2) is 22.8 Å². The van der Waals surface area contributed by atoms with Crippen molar-refractivity contribution in [2.24, 2.45) is 0 Å². The molecule has 2 atom stereocenters. The Kier molecular flexibility index (Phi) is 18.1. The highest BCUT2D eigenvalue weighted by molar-refractivity contribution is 4.51. The third kappa shape index (κ3) is 18.1. The molecule has 0 heterocycles. The molecule has 0 saturated carbocycles. The Labute approximate surface area is 144 Å². The van der Waals surface area contributed by atoms with Crippen molar-refractivity contribution < 1.29 is 14.9 Å². The third-order valence-electron chi connectivity index (χ3n) is 4.42. The predicted molar refractivity (Wildman–Crippen MR) is 98.3 cm³/mol. The van der Waals surface area contributed by atoms with E-state index in [4.69, 9.17) is 4.74 Å². The number of rotatable bonds is 18. The first-order valence-electron chi connectivity index (χ1n) is 10.2. The second-order valence-electron chi connectivity index (χ2n) is 6.87. The molecule has 0 radical (unpaired) electrons. The maximum absolute atomic E-state index is 9.78. The summed E-state index contributed by atoms with van der Waals surface area (Å²) >= 11 is 0. The van der Waals surface area contributed by atoms with E-state index in [0.717, 1.165) is 25.7 Å². The van der Waals surface area contributed by atoms with E-state index in [1.807, 2.05) is 0 Å². The number of ether oxygens (including phenoxy) is 1. The average Bonchev–Trinajstić information content (AvgIpc) is 2.53. The van der Waals surface area contributed by atoms with Crippen molar-refractivity contribution in [3.8, 4) is 0 Å². The molecule has 0 fully saturated rings. The molecule has 2 unspecified atom stereocenters. The van der Waals surface area contributed by atoms with Gasteiger partial charge in [0.2, 0.25) is 0 Å². The highest BCUT2D eigenvalue weighted by Crippen LogP contribution is 2.14. The summed E-state index contributed by atoms with van der Waals surface area (Å²) in [6.07, 6.45) is 16.9. The summed E-state index contributed by atoms with van der Waals surface area (Å²) < 4.78 is 5.25. The number of aliphatic hydroxyl groups is 2. The Morgan fingerprint density at radius 1 is 0.522 bits per heavy atom. The van der Waals surface area contributed by atoms with E-state index in [2.05, 4.69) is 13.8 Å². The van der Waals surface area contributed by atoms with Crippen molar-refractivity contribution in [1.29, 1.82) is 0 Å². The minimum absolute atomic E-state index is 0.641. The predicted octanol–water partition coefficient (Wildman–Crippen LogP) is 5.92. The van der Waals surface area contributed by atoms with Gasteiger partial charge in [-0.15, -0.1) is 0 Å². The zero-order valence-electron chi connectivity index (χ0n) is 15.8. The monoisotopic (exact) mass is 330 g/mol. The summed E-state index contributed by atoms with van der Waals surface area (Å²) in [5, 5.41) is 19.6. The van der Waals surface area contributed by atoms with Crippen molar-refractivity contribution >= 4 is 0 Å². The smallest absolute Gasteiger partial charge is 0.157 e. The van der Waals surface area contributed by atoms with Crippen molar-refractivity contribution in [3.63, 3.8) is 0 Å². The van der Waals surface area contributed by atoms with Crippen LogP contribution in [0.25, 0.3) is 0 Å². The van der Waals surface area contributed by atoms with E-state index >= 15 is 0 Å². The molecule has 3 heteroatoms. The second-order valence-corrected chi connectivity index (χ2v) is 6.87. The Morgan fingerprint density at radius 2 is 0.826 bits per heavy atom. The Hall–Kier alpha value is -0.120. The number of aliphatic hydroxyl groups excluding tert-OH is 2. The maximum Gasteiger partial charge on any atom is 0.157 e. The van der Waals surface area contributed by atoms with Crippen LogP contribution in [-0.2, 0) is 4.74 Å². The molecule has 0 aliphatic heterocycles. The molecule has 140 valence electrons. The van der Waals surface area contributed by atoms with Crippen LogP contribution in [0, 0.1) is 0 Å². The van der Waals surface area contributed by atoms with E-state index in [-0.39, 0.29) is 0 Å². The van der Waals surface area contributed by atoms with Crippen LogP contribution < -0.4 is 0 Å². The largest absolute Gasteiger partial charge is 0.368 e. The van der Waals surface area contributed by atoms with Crippen molar-refractivity contribution in [2.45, 2.75) is 129 Å². The topological polar surface area (TPSA) is 49.7 Å². The van der Waals surface area contributed by atoms with E-state index in [9.17, 15) is 10.2 Å². The van der Waals surface area contributed by atoms with Gasteiger partial charge >= 0.3 is 0 Å². The van der Waals surface area contributed by atoms with Gasteiger partial charge in [0.15, 0.2) is 12.6 Å². The minimum Gasteiger partial charge on any atom is -0.368 e. The fraction of sp³-hybridized carbons (Fsp3) is 1.00. The van der Waals surface area contributed by atoms with Crippen LogP contribution in [0.5, 0.6) is 0 Å². The number of unbranched alkanes of at least 4 members (excludes halogenated alkanes) is 12. The molecule has 3 nitrogen and oxygen atoms in total. The van der Waals surface area contributed by atoms with Crippen LogP contribution in [0.1, 0.15) is 117 Å². The fourth-order valence-electron chi connectivity index (χ4n) is 2.87. The van der Waals surface area contributed by atoms with E-state index < -0.39 is 12.6 Å². The van der Waals surface area contributed by atoms with Gasteiger partial charge in [-0.3, -0.25) is 0 Å². The zero-order chi connectivity index (χ0) is 17.2. The molecule has 0 bridgehead atoms. The molecule has 0 aromatic rings. The summed E-state index contributed by atoms with van der Waals surface area (Å²) in [5.74, 6) is 0. The summed E-state index contributed by atoms with van der Waals surface area (Å²) in [6, 6.07) is 0. The van der Waals surface area contributed by atoms with Crippen molar-refractivity contribution in [1.82, 2.24) is 0 Å². The molecule has 0 aromatic carbocycles. The Morgan fingerprint density at radius 3 is 1.17 bits per heavy atom. The Balaban J connectivity index is 3.32. The van der Waals surface area contributed by atoms with E-state index in [1.165, 1.54) is 64.2 Å². The standard InChI is InChI=1S/C20H42O3/c1-3-5-7-9-11-13-15-17-19(21)23-20(22)18-16-14-12-10-8-6-4-2/h19-22H,3-18H2,1-2H3. The highest BCUT2D eigenvalue weighted by atomic mass is 16.7. The van der Waals surface area contributed by atoms with Gasteiger partial charge in [-0.05, 0) is 25.7 Å². The summed E-state index contributed by atoms with van der Waals surface area (Å²) in [5.41, 5.74) is 0. The van der Waals surface area contributed by atoms with Crippen LogP contribution in [0.2, 0.25) is 0 Å². The molecule has 0 aliphatic rings. The highest BCUT2D eigenvalue weighted by Gasteiger charge is 2.11. The molecule has 23 heavy (non-hydrogen) atoms. The first kappa shape index (κ1) is 22.9. The van der Waals surface area contributed by atoms with Crippen LogP contribution in [0.3, 0.4) is 0 Å². The Bertz CT molecular complexity index is 199. The summed E-state index contributed by atoms with van der Waals surface area (Å²) in [4.78, 5) is 0. The lowest BCUT2D eigenvalue weighted by molar-refractivity contribution is -0.212. The molecular weight excluding hydrogens is 288 g/mol. The van der Waals surface area contributed by atoms with Crippen LogP contribution in [0.15, 0.2) is 0 Å². The summed E-state index contributed by atoms with van der Waals surface area (Å²) in [6.45, 7) is 4.46. The lowest BCUT2D eigenvalue weighted by Crippen LogP contribution is -2.21. The number of hydrogen-bond donors (Lipinski definition) is 2. The molecular formula is C20H42O3. The molecule has 0 aromatic heterocycles. The molecule has 0 spiro atoms. The van der Waals surface area contributed by atoms with E-state index in [1.54, 1.807) is 0 Å². The van der Waals surface area contributed by atoms with Crippen LogP contribution >= 0.6 is 0 Å². The summed E-state index contributed by atoms with van der Waals surface area (Å²) in [7, 11) is 0. The zero-order valence-corrected chi connectivity index (χ0v) is 15.8. The molecule has 2 N–H and O–H groups in total. The van der Waals surface area contributed by atoms with Gasteiger partial charge in [0.05, 0.1) is 0 Å². The van der Waals surface area contributed by atoms with Crippen molar-refractivity contribution in [3.05, 3.63) is 0 Å². The van der Waals surface area contributed by atoms with Gasteiger partial charge in [0, 0.05) is 0 Å². The minimum atomic E-state index is -0.801. The fourth-order valence-corrected chi connectivity index (χ4v) is 2.87. The van der Waals surface area contributed by atoms with Gasteiger partial charge in [-0.1, -0.05) is 90.9 Å². The third-order valence-corrected chi connectivity index (χ3v) is 4.42.